The Hall–Kier alpha value is -3.73. The number of aromatic nitrogens is 3. The van der Waals surface area contributed by atoms with Crippen LogP contribution in [0.15, 0.2) is 37.2 Å². The number of piperidine rings is 2. The number of amides is 2. The first kappa shape index (κ1) is 39.0. The van der Waals surface area contributed by atoms with Crippen molar-refractivity contribution in [2.75, 3.05) is 76.9 Å². The van der Waals surface area contributed by atoms with Crippen LogP contribution in [-0.4, -0.2) is 143 Å². The molecule has 0 unspecified atom stereocenters. The second-order valence-corrected chi connectivity index (χ2v) is 17.4. The quantitative estimate of drug-likeness (QED) is 0.313. The molecule has 4 aliphatic heterocycles. The normalized spacial score (nSPS) is 20.7. The van der Waals surface area contributed by atoms with E-state index in [1.807, 2.05) is 27.7 Å². The molecular formula is C37H54FN9O5S. The van der Waals surface area contributed by atoms with Crippen LogP contribution in [0.1, 0.15) is 70.2 Å². The van der Waals surface area contributed by atoms with Crippen molar-refractivity contribution >= 4 is 27.8 Å². The SMILES string of the molecule is C=CC(=O)N1CCCN(S(=O)(=O)N2CCC(CN3CCC4(CC3)CN(c3ncnnc3Oc3ccc(F)cc3C(=O)N(C(C)C)C(C)C)C4)CC2)CC1. The summed E-state index contributed by atoms with van der Waals surface area (Å²) in [6, 6.07) is 3.74. The standard InChI is InChI=1S/C37H54FN9O5S/c1-6-33(48)43-14-7-15-45(21-20-43)53(50,51)46-16-10-29(11-17-46)23-42-18-12-37(13-19-42)24-44(25-37)34-35(41-40-26-39-34)52-32-9-8-30(38)22-31(32)36(49)47(27(2)3)28(4)5/h6,8-9,22,26-29H,1,7,10-21,23-25H2,2-5H3. The van der Waals surface area contributed by atoms with Gasteiger partial charge in [-0.3, -0.25) is 9.59 Å². The van der Waals surface area contributed by atoms with Crippen molar-refractivity contribution in [3.05, 3.63) is 48.6 Å². The molecule has 1 aromatic carbocycles. The zero-order chi connectivity index (χ0) is 37.9. The molecule has 16 heteroatoms. The van der Waals surface area contributed by atoms with E-state index in [2.05, 4.69) is 31.6 Å². The number of hydrogen-bond acceptors (Lipinski definition) is 10. The smallest absolute Gasteiger partial charge is 0.282 e. The Labute approximate surface area is 313 Å². The highest BCUT2D eigenvalue weighted by molar-refractivity contribution is 7.86. The van der Waals surface area contributed by atoms with Crippen LogP contribution in [0.5, 0.6) is 11.6 Å². The van der Waals surface area contributed by atoms with E-state index in [9.17, 15) is 22.4 Å². The first-order chi connectivity index (χ1) is 25.3. The molecule has 0 atom stereocenters. The fourth-order valence-electron chi connectivity index (χ4n) is 8.37. The van der Waals surface area contributed by atoms with Crippen molar-refractivity contribution in [1.29, 1.82) is 0 Å². The number of carbonyl (C=O) groups is 2. The number of halogens is 1. The van der Waals surface area contributed by atoms with Crippen molar-refractivity contribution in [2.24, 2.45) is 11.3 Å². The van der Waals surface area contributed by atoms with Gasteiger partial charge in [-0.15, -0.1) is 10.2 Å². The van der Waals surface area contributed by atoms with E-state index in [4.69, 9.17) is 4.74 Å². The summed E-state index contributed by atoms with van der Waals surface area (Å²) in [7, 11) is -3.57. The number of rotatable bonds is 11. The van der Waals surface area contributed by atoms with Crippen LogP contribution in [0.2, 0.25) is 0 Å². The fraction of sp³-hybridized carbons (Fsp3) is 0.649. The summed E-state index contributed by atoms with van der Waals surface area (Å²) < 4.78 is 50.7. The molecule has 0 radical (unpaired) electrons. The van der Waals surface area contributed by atoms with Crippen molar-refractivity contribution in [3.63, 3.8) is 0 Å². The second kappa shape index (κ2) is 16.3. The highest BCUT2D eigenvalue weighted by Gasteiger charge is 2.47. The number of benzene rings is 1. The average molecular weight is 756 g/mol. The largest absolute Gasteiger partial charge is 0.434 e. The van der Waals surface area contributed by atoms with Crippen LogP contribution in [0.4, 0.5) is 10.2 Å². The number of carbonyl (C=O) groups excluding carboxylic acids is 2. The lowest BCUT2D eigenvalue weighted by molar-refractivity contribution is -0.125. The minimum Gasteiger partial charge on any atom is -0.434 e. The van der Waals surface area contributed by atoms with E-state index in [1.54, 1.807) is 14.1 Å². The summed E-state index contributed by atoms with van der Waals surface area (Å²) >= 11 is 0. The van der Waals surface area contributed by atoms with Crippen molar-refractivity contribution in [2.45, 2.75) is 71.9 Å². The van der Waals surface area contributed by atoms with Gasteiger partial charge in [0.15, 0.2) is 5.82 Å². The molecule has 1 spiro atoms. The van der Waals surface area contributed by atoms with E-state index in [0.29, 0.717) is 57.4 Å². The Balaban J connectivity index is 0.994. The molecule has 0 N–H and O–H groups in total. The summed E-state index contributed by atoms with van der Waals surface area (Å²) in [5.74, 6) is 0.366. The van der Waals surface area contributed by atoms with Crippen molar-refractivity contribution < 1.29 is 27.1 Å². The first-order valence-corrected chi connectivity index (χ1v) is 20.3. The summed E-state index contributed by atoms with van der Waals surface area (Å²) in [5.41, 5.74) is 0.275. The van der Waals surface area contributed by atoms with Gasteiger partial charge in [-0.25, -0.2) is 9.37 Å². The van der Waals surface area contributed by atoms with Gasteiger partial charge in [0.05, 0.1) is 5.56 Å². The van der Waals surface area contributed by atoms with E-state index in [-0.39, 0.29) is 46.5 Å². The summed E-state index contributed by atoms with van der Waals surface area (Å²) in [4.78, 5) is 38.1. The van der Waals surface area contributed by atoms with Crippen LogP contribution >= 0.6 is 0 Å². The Morgan fingerprint density at radius 2 is 1.68 bits per heavy atom. The predicted octanol–water partition coefficient (Wildman–Crippen LogP) is 3.64. The lowest BCUT2D eigenvalue weighted by atomic mass is 9.72. The molecule has 0 saturated carbocycles. The first-order valence-electron chi connectivity index (χ1n) is 18.9. The molecule has 0 aliphatic carbocycles. The molecule has 5 heterocycles. The number of nitrogens with zero attached hydrogens (tertiary/aromatic N) is 9. The van der Waals surface area contributed by atoms with Gasteiger partial charge in [-0.05, 0) is 103 Å². The Morgan fingerprint density at radius 1 is 1.00 bits per heavy atom. The third-order valence-electron chi connectivity index (χ3n) is 11.2. The minimum absolute atomic E-state index is 0.0900. The minimum atomic E-state index is -3.57. The maximum Gasteiger partial charge on any atom is 0.282 e. The second-order valence-electron chi connectivity index (χ2n) is 15.5. The van der Waals surface area contributed by atoms with Gasteiger partial charge >= 0.3 is 0 Å². The van der Waals surface area contributed by atoms with E-state index in [0.717, 1.165) is 58.4 Å². The predicted molar refractivity (Wildman–Crippen MR) is 199 cm³/mol. The molecule has 6 rings (SSSR count). The third kappa shape index (κ3) is 8.66. The Morgan fingerprint density at radius 3 is 2.34 bits per heavy atom. The Kier molecular flexibility index (Phi) is 12.0. The molecule has 290 valence electrons. The van der Waals surface area contributed by atoms with Gasteiger partial charge in [0.25, 0.3) is 22.0 Å². The molecule has 14 nitrogen and oxygen atoms in total. The van der Waals surface area contributed by atoms with Crippen LogP contribution < -0.4 is 9.64 Å². The molecular weight excluding hydrogens is 702 g/mol. The number of hydrogen-bond donors (Lipinski definition) is 0. The molecule has 2 amide bonds. The summed E-state index contributed by atoms with van der Waals surface area (Å²) in [5, 5.41) is 8.17. The zero-order valence-electron chi connectivity index (χ0n) is 31.5. The lowest BCUT2D eigenvalue weighted by Crippen LogP contribution is -2.61. The molecule has 53 heavy (non-hydrogen) atoms. The van der Waals surface area contributed by atoms with Gasteiger partial charge in [-0.1, -0.05) is 6.58 Å². The number of ether oxygens (including phenoxy) is 1. The van der Waals surface area contributed by atoms with Gasteiger partial charge in [0.1, 0.15) is 17.9 Å². The van der Waals surface area contributed by atoms with Crippen LogP contribution in [-0.2, 0) is 15.0 Å². The summed E-state index contributed by atoms with van der Waals surface area (Å²) in [6.07, 6.45) is 7.04. The van der Waals surface area contributed by atoms with Crippen molar-refractivity contribution in [1.82, 2.24) is 38.5 Å². The average Bonchev–Trinajstić information content (AvgIpc) is 3.39. The topological polar surface area (TPSA) is 136 Å². The highest BCUT2D eigenvalue weighted by Crippen LogP contribution is 2.44. The third-order valence-corrected chi connectivity index (χ3v) is 13.3. The maximum atomic E-state index is 14.4. The molecule has 2 aromatic rings. The van der Waals surface area contributed by atoms with E-state index in [1.165, 1.54) is 34.9 Å². The van der Waals surface area contributed by atoms with Gasteiger partial charge < -0.3 is 24.3 Å². The Bertz CT molecular complexity index is 1730. The summed E-state index contributed by atoms with van der Waals surface area (Å²) in [6.45, 7) is 18.5. The molecule has 0 bridgehead atoms. The fourth-order valence-corrected chi connectivity index (χ4v) is 10.0. The van der Waals surface area contributed by atoms with Gasteiger partial charge in [0.2, 0.25) is 5.91 Å². The van der Waals surface area contributed by atoms with Crippen LogP contribution in [0.25, 0.3) is 0 Å². The zero-order valence-corrected chi connectivity index (χ0v) is 32.3. The van der Waals surface area contributed by atoms with E-state index >= 15 is 0 Å². The number of anilines is 1. The molecule has 4 fully saturated rings. The van der Waals surface area contributed by atoms with Gasteiger partial charge in [0, 0.05) is 76.4 Å². The van der Waals surface area contributed by atoms with Crippen LogP contribution in [0, 0.1) is 17.2 Å². The molecule has 4 aliphatic rings. The molecule has 1 aromatic heterocycles. The van der Waals surface area contributed by atoms with Crippen molar-refractivity contribution in [3.8, 4) is 11.6 Å². The number of likely N-dealkylation sites (tertiary alicyclic amines) is 1. The van der Waals surface area contributed by atoms with Crippen LogP contribution in [0.3, 0.4) is 0 Å². The monoisotopic (exact) mass is 755 g/mol. The molecule has 4 saturated heterocycles. The van der Waals surface area contributed by atoms with E-state index < -0.39 is 16.0 Å². The van der Waals surface area contributed by atoms with Gasteiger partial charge in [-0.2, -0.15) is 17.0 Å². The highest BCUT2D eigenvalue weighted by atomic mass is 32.2. The maximum absolute atomic E-state index is 14.4. The lowest BCUT2D eigenvalue weighted by Gasteiger charge is -2.54.